The molecule has 18 heavy (non-hydrogen) atoms. The Morgan fingerprint density at radius 1 is 1.50 bits per heavy atom. The highest BCUT2D eigenvalue weighted by Crippen LogP contribution is 2.20. The van der Waals surface area contributed by atoms with Crippen molar-refractivity contribution in [2.75, 3.05) is 36.2 Å². The second-order valence-electron chi connectivity index (χ2n) is 3.65. The summed E-state index contributed by atoms with van der Waals surface area (Å²) in [6.07, 6.45) is 0. The first-order valence-electron chi connectivity index (χ1n) is 5.65. The molecular formula is C12H18N2O3S. The Hall–Kier alpha value is -1.56. The molecule has 100 valence electrons. The largest absolute Gasteiger partial charge is 0.465 e. The lowest BCUT2D eigenvalue weighted by atomic mass is 10.1. The smallest absolute Gasteiger partial charge is 0.337 e. The summed E-state index contributed by atoms with van der Waals surface area (Å²) < 4.78 is 15.9. The Bertz CT molecular complexity index is 449. The Kier molecular flexibility index (Phi) is 5.64. The molecule has 0 saturated carbocycles. The zero-order chi connectivity index (χ0) is 13.5. The summed E-state index contributed by atoms with van der Waals surface area (Å²) in [6, 6.07) is 4.89. The number of methoxy groups -OCH3 is 1. The lowest BCUT2D eigenvalue weighted by Gasteiger charge is -2.10. The van der Waals surface area contributed by atoms with Gasteiger partial charge in [-0.3, -0.25) is 4.21 Å². The normalized spacial score (nSPS) is 11.9. The van der Waals surface area contributed by atoms with Gasteiger partial charge in [0, 0.05) is 28.9 Å². The third-order valence-corrected chi connectivity index (χ3v) is 3.74. The van der Waals surface area contributed by atoms with E-state index in [1.54, 1.807) is 18.2 Å². The van der Waals surface area contributed by atoms with E-state index < -0.39 is 16.8 Å². The van der Waals surface area contributed by atoms with Gasteiger partial charge < -0.3 is 15.8 Å². The van der Waals surface area contributed by atoms with Crippen LogP contribution in [0.2, 0.25) is 0 Å². The molecule has 0 aliphatic heterocycles. The van der Waals surface area contributed by atoms with E-state index in [1.807, 2.05) is 6.92 Å². The second-order valence-corrected chi connectivity index (χ2v) is 5.52. The molecule has 0 radical (unpaired) electrons. The van der Waals surface area contributed by atoms with E-state index in [1.165, 1.54) is 7.11 Å². The van der Waals surface area contributed by atoms with Gasteiger partial charge in [0.05, 0.1) is 24.0 Å². The van der Waals surface area contributed by atoms with Crippen LogP contribution in [0.4, 0.5) is 11.4 Å². The molecule has 1 aromatic rings. The van der Waals surface area contributed by atoms with Crippen LogP contribution in [0.25, 0.3) is 0 Å². The van der Waals surface area contributed by atoms with Crippen LogP contribution >= 0.6 is 0 Å². The number of rotatable bonds is 6. The molecule has 1 atom stereocenters. The molecule has 1 unspecified atom stereocenters. The predicted molar refractivity (Wildman–Crippen MR) is 74.2 cm³/mol. The van der Waals surface area contributed by atoms with E-state index in [2.05, 4.69) is 10.1 Å². The highest BCUT2D eigenvalue weighted by molar-refractivity contribution is 7.84. The molecule has 0 saturated heterocycles. The van der Waals surface area contributed by atoms with Crippen LogP contribution in [0.15, 0.2) is 18.2 Å². The minimum absolute atomic E-state index is 0.407. The molecule has 6 heteroatoms. The zero-order valence-corrected chi connectivity index (χ0v) is 11.4. The summed E-state index contributed by atoms with van der Waals surface area (Å²) in [5.41, 5.74) is 7.43. The Morgan fingerprint density at radius 3 is 2.83 bits per heavy atom. The molecule has 0 heterocycles. The molecule has 0 spiro atoms. The van der Waals surface area contributed by atoms with Crippen LogP contribution < -0.4 is 11.1 Å². The molecule has 0 aromatic heterocycles. The third-order valence-electron chi connectivity index (χ3n) is 2.44. The van der Waals surface area contributed by atoms with E-state index in [-0.39, 0.29) is 0 Å². The topological polar surface area (TPSA) is 81.4 Å². The number of nitrogen functional groups attached to an aromatic ring is 1. The van der Waals surface area contributed by atoms with Crippen LogP contribution in [0.5, 0.6) is 0 Å². The van der Waals surface area contributed by atoms with E-state index >= 15 is 0 Å². The molecule has 0 bridgehead atoms. The summed E-state index contributed by atoms with van der Waals surface area (Å²) >= 11 is 0. The van der Waals surface area contributed by atoms with Crippen LogP contribution in [0.3, 0.4) is 0 Å². The SMILES string of the molecule is CCS(=O)CCNc1cc(C(=O)OC)ccc1N. The van der Waals surface area contributed by atoms with Gasteiger partial charge in [-0.05, 0) is 18.2 Å². The van der Waals surface area contributed by atoms with Crippen LogP contribution in [0.1, 0.15) is 17.3 Å². The van der Waals surface area contributed by atoms with Gasteiger partial charge in [0.1, 0.15) is 0 Å². The molecule has 0 aliphatic carbocycles. The Balaban J connectivity index is 2.69. The van der Waals surface area contributed by atoms with Crippen LogP contribution in [-0.4, -0.2) is 35.3 Å². The number of hydrogen-bond donors (Lipinski definition) is 2. The van der Waals surface area contributed by atoms with Crippen molar-refractivity contribution < 1.29 is 13.7 Å². The van der Waals surface area contributed by atoms with Crippen molar-refractivity contribution in [3.63, 3.8) is 0 Å². The predicted octanol–water partition coefficient (Wildman–Crippen LogP) is 1.24. The Labute approximate surface area is 109 Å². The quantitative estimate of drug-likeness (QED) is 0.600. The second kappa shape index (κ2) is 7.00. The number of nitrogens with two attached hydrogens (primary N) is 1. The van der Waals surface area contributed by atoms with Gasteiger partial charge in [0.25, 0.3) is 0 Å². The van der Waals surface area contributed by atoms with Crippen LogP contribution in [0, 0.1) is 0 Å². The van der Waals surface area contributed by atoms with Gasteiger partial charge >= 0.3 is 5.97 Å². The maximum absolute atomic E-state index is 11.4. The van der Waals surface area contributed by atoms with E-state index in [0.717, 1.165) is 0 Å². The maximum atomic E-state index is 11.4. The number of ether oxygens (including phenoxy) is 1. The summed E-state index contributed by atoms with van der Waals surface area (Å²) in [6.45, 7) is 2.43. The lowest BCUT2D eigenvalue weighted by molar-refractivity contribution is 0.0601. The molecule has 1 aromatic carbocycles. The average molecular weight is 270 g/mol. The fraction of sp³-hybridized carbons (Fsp3) is 0.417. The minimum Gasteiger partial charge on any atom is -0.465 e. The lowest BCUT2D eigenvalue weighted by Crippen LogP contribution is -2.13. The zero-order valence-electron chi connectivity index (χ0n) is 10.6. The maximum Gasteiger partial charge on any atom is 0.337 e. The number of carbonyl (C=O) groups excluding carboxylic acids is 1. The van der Waals surface area contributed by atoms with E-state index in [4.69, 9.17) is 5.73 Å². The average Bonchev–Trinajstić information content (AvgIpc) is 2.39. The number of anilines is 2. The number of nitrogens with one attached hydrogen (secondary N) is 1. The molecule has 3 N–H and O–H groups in total. The molecule has 0 aliphatic rings. The number of benzene rings is 1. The van der Waals surface area contributed by atoms with Gasteiger partial charge in [-0.1, -0.05) is 6.92 Å². The minimum atomic E-state index is -0.818. The number of carbonyl (C=O) groups is 1. The van der Waals surface area contributed by atoms with Gasteiger partial charge in [0.2, 0.25) is 0 Å². The third kappa shape index (κ3) is 4.03. The molecule has 0 fully saturated rings. The van der Waals surface area contributed by atoms with Gasteiger partial charge in [0.15, 0.2) is 0 Å². The monoisotopic (exact) mass is 270 g/mol. The highest BCUT2D eigenvalue weighted by atomic mass is 32.2. The first-order chi connectivity index (χ1) is 8.58. The van der Waals surface area contributed by atoms with Crippen molar-refractivity contribution in [3.05, 3.63) is 23.8 Å². The standard InChI is InChI=1S/C12H18N2O3S/c1-3-18(16)7-6-14-11-8-9(12(15)17-2)4-5-10(11)13/h4-5,8,14H,3,6-7,13H2,1-2H3. The molecular weight excluding hydrogens is 252 g/mol. The highest BCUT2D eigenvalue weighted by Gasteiger charge is 2.08. The molecule has 5 nitrogen and oxygen atoms in total. The Morgan fingerprint density at radius 2 is 2.22 bits per heavy atom. The van der Waals surface area contributed by atoms with Crippen molar-refractivity contribution in [2.45, 2.75) is 6.92 Å². The first kappa shape index (κ1) is 14.5. The summed E-state index contributed by atoms with van der Waals surface area (Å²) in [7, 11) is 0.512. The first-order valence-corrected chi connectivity index (χ1v) is 7.14. The number of esters is 1. The van der Waals surface area contributed by atoms with Crippen molar-refractivity contribution in [1.29, 1.82) is 0 Å². The molecule has 0 amide bonds. The summed E-state index contributed by atoms with van der Waals surface area (Å²) in [4.78, 5) is 11.4. The van der Waals surface area contributed by atoms with Crippen molar-refractivity contribution in [3.8, 4) is 0 Å². The number of hydrogen-bond acceptors (Lipinski definition) is 5. The van der Waals surface area contributed by atoms with Crippen molar-refractivity contribution in [1.82, 2.24) is 0 Å². The van der Waals surface area contributed by atoms with E-state index in [9.17, 15) is 9.00 Å². The van der Waals surface area contributed by atoms with Crippen LogP contribution in [-0.2, 0) is 15.5 Å². The molecule has 1 rings (SSSR count). The summed E-state index contributed by atoms with van der Waals surface area (Å²) in [5, 5.41) is 3.07. The van der Waals surface area contributed by atoms with Gasteiger partial charge in [-0.2, -0.15) is 0 Å². The summed E-state index contributed by atoms with van der Waals surface area (Å²) in [5.74, 6) is 0.785. The van der Waals surface area contributed by atoms with Crippen molar-refractivity contribution in [2.24, 2.45) is 0 Å². The fourth-order valence-corrected chi connectivity index (χ4v) is 2.02. The fourth-order valence-electron chi connectivity index (χ4n) is 1.40. The van der Waals surface area contributed by atoms with Crippen molar-refractivity contribution >= 4 is 28.1 Å². The van der Waals surface area contributed by atoms with Gasteiger partial charge in [-0.25, -0.2) is 4.79 Å². The van der Waals surface area contributed by atoms with E-state index in [0.29, 0.717) is 35.0 Å². The van der Waals surface area contributed by atoms with Gasteiger partial charge in [-0.15, -0.1) is 0 Å².